The van der Waals surface area contributed by atoms with Crippen LogP contribution < -0.4 is 14.2 Å². The largest absolute Gasteiger partial charge is 0.497 e. The Kier molecular flexibility index (Phi) is 12.9. The molecule has 0 aliphatic carbocycles. The lowest BCUT2D eigenvalue weighted by Gasteiger charge is -2.27. The highest BCUT2D eigenvalue weighted by molar-refractivity contribution is 5.78. The third-order valence-corrected chi connectivity index (χ3v) is 7.09. The van der Waals surface area contributed by atoms with Crippen LogP contribution in [0.4, 0.5) is 0 Å². The Hall–Kier alpha value is -2.61. The number of carbonyl (C=O) groups is 1. The first-order valence-electron chi connectivity index (χ1n) is 14.1. The minimum absolute atomic E-state index is 0.110. The van der Waals surface area contributed by atoms with Crippen molar-refractivity contribution in [2.45, 2.75) is 70.5 Å². The van der Waals surface area contributed by atoms with Gasteiger partial charge in [-0.15, -0.1) is 0 Å². The van der Waals surface area contributed by atoms with Gasteiger partial charge in [-0.05, 0) is 61.2 Å². The molecule has 0 amide bonds. The highest BCUT2D eigenvalue weighted by Gasteiger charge is 2.29. The highest BCUT2D eigenvalue weighted by atomic mass is 16.5. The van der Waals surface area contributed by atoms with E-state index < -0.39 is 6.10 Å². The number of nitrogens with zero attached hydrogens (tertiary/aromatic N) is 1. The van der Waals surface area contributed by atoms with E-state index >= 15 is 0 Å². The monoisotopic (exact) mass is 527 g/mol. The van der Waals surface area contributed by atoms with Gasteiger partial charge in [0.05, 0.1) is 32.5 Å². The fourth-order valence-corrected chi connectivity index (χ4v) is 4.86. The zero-order chi connectivity index (χ0) is 27.2. The summed E-state index contributed by atoms with van der Waals surface area (Å²) in [7, 11) is 1.62. The Bertz CT molecular complexity index is 932. The average molecular weight is 528 g/mol. The van der Waals surface area contributed by atoms with E-state index in [0.29, 0.717) is 39.1 Å². The fraction of sp³-hybridized carbons (Fsp3) is 0.581. The number of likely N-dealkylation sites (tertiary alicyclic amines) is 1. The average Bonchev–Trinajstić information content (AvgIpc) is 3.35. The molecule has 0 bridgehead atoms. The van der Waals surface area contributed by atoms with Crippen molar-refractivity contribution in [3.05, 3.63) is 54.1 Å². The van der Waals surface area contributed by atoms with Crippen molar-refractivity contribution in [3.8, 4) is 17.2 Å². The Balaban J connectivity index is 1.50. The van der Waals surface area contributed by atoms with Crippen LogP contribution in [0.2, 0.25) is 0 Å². The molecule has 0 saturated carbocycles. The van der Waals surface area contributed by atoms with E-state index in [9.17, 15) is 15.0 Å². The molecular weight excluding hydrogens is 482 g/mol. The number of hydrogen-bond acceptors (Lipinski definition) is 7. The van der Waals surface area contributed by atoms with Crippen molar-refractivity contribution < 1.29 is 29.2 Å². The van der Waals surface area contributed by atoms with E-state index in [-0.39, 0.29) is 24.2 Å². The zero-order valence-corrected chi connectivity index (χ0v) is 23.0. The number of rotatable bonds is 18. The van der Waals surface area contributed by atoms with Gasteiger partial charge in [-0.3, -0.25) is 4.79 Å². The number of hydrogen-bond donors (Lipinski definition) is 2. The summed E-state index contributed by atoms with van der Waals surface area (Å²) in [5.41, 5.74) is 0.781. The molecule has 1 aliphatic heterocycles. The van der Waals surface area contributed by atoms with Crippen molar-refractivity contribution in [1.29, 1.82) is 0 Å². The van der Waals surface area contributed by atoms with Crippen LogP contribution in [-0.4, -0.2) is 67.0 Å². The molecule has 7 nitrogen and oxygen atoms in total. The van der Waals surface area contributed by atoms with Crippen LogP contribution in [-0.2, 0) is 4.79 Å². The van der Waals surface area contributed by atoms with E-state index in [1.54, 1.807) is 7.11 Å². The van der Waals surface area contributed by atoms with E-state index in [2.05, 4.69) is 11.8 Å². The molecule has 2 aromatic rings. The standard InChI is InChI=1S/C31H45NO6/c1-3-4-5-6-19-37-29-11-9-24(10-12-29)31(35)25(22-32-18-17-27(34)23-32)21-26(33)8-7-20-38-30-15-13-28(36-2)14-16-30/h9-16,25,27,31,34-35H,3-8,17-23H2,1-2H3/t25-,27+,31-/m1/s1. The molecule has 0 spiro atoms. The summed E-state index contributed by atoms with van der Waals surface area (Å²) in [5.74, 6) is 2.17. The Morgan fingerprint density at radius 3 is 2.18 bits per heavy atom. The van der Waals surface area contributed by atoms with E-state index in [1.165, 1.54) is 19.3 Å². The van der Waals surface area contributed by atoms with Gasteiger partial charge in [0.25, 0.3) is 0 Å². The Morgan fingerprint density at radius 2 is 1.58 bits per heavy atom. The first kappa shape index (κ1) is 29.9. The molecular formula is C31H45NO6. The van der Waals surface area contributed by atoms with Crippen LogP contribution in [0.5, 0.6) is 17.2 Å². The first-order valence-corrected chi connectivity index (χ1v) is 14.1. The number of unbranched alkanes of at least 4 members (excludes halogenated alkanes) is 3. The summed E-state index contributed by atoms with van der Waals surface area (Å²) < 4.78 is 16.7. The lowest BCUT2D eigenvalue weighted by Crippen LogP contribution is -2.32. The van der Waals surface area contributed by atoms with Gasteiger partial charge in [0.2, 0.25) is 0 Å². The van der Waals surface area contributed by atoms with Gasteiger partial charge in [0.1, 0.15) is 23.0 Å². The van der Waals surface area contributed by atoms with Crippen LogP contribution in [0.25, 0.3) is 0 Å². The molecule has 2 aromatic carbocycles. The minimum Gasteiger partial charge on any atom is -0.497 e. The quantitative estimate of drug-likeness (QED) is 0.258. The molecule has 1 fully saturated rings. The number of aliphatic hydroxyl groups excluding tert-OH is 2. The van der Waals surface area contributed by atoms with Crippen LogP contribution in [0, 0.1) is 5.92 Å². The molecule has 7 heteroatoms. The van der Waals surface area contributed by atoms with Crippen molar-refractivity contribution in [2.24, 2.45) is 5.92 Å². The molecule has 38 heavy (non-hydrogen) atoms. The van der Waals surface area contributed by atoms with Crippen molar-refractivity contribution in [2.75, 3.05) is 40.0 Å². The van der Waals surface area contributed by atoms with Crippen molar-refractivity contribution in [1.82, 2.24) is 4.90 Å². The van der Waals surface area contributed by atoms with Crippen LogP contribution >= 0.6 is 0 Å². The Labute approximate surface area is 227 Å². The van der Waals surface area contributed by atoms with Crippen molar-refractivity contribution >= 4 is 5.78 Å². The minimum atomic E-state index is -0.772. The molecule has 0 radical (unpaired) electrons. The summed E-state index contributed by atoms with van der Waals surface area (Å²) in [4.78, 5) is 15.0. The van der Waals surface area contributed by atoms with Gasteiger partial charge >= 0.3 is 0 Å². The summed E-state index contributed by atoms with van der Waals surface area (Å²) in [6.07, 6.45) is 5.53. The predicted molar refractivity (Wildman–Crippen MR) is 149 cm³/mol. The maximum Gasteiger partial charge on any atom is 0.133 e. The molecule has 1 aliphatic rings. The maximum absolute atomic E-state index is 12.9. The number of ether oxygens (including phenoxy) is 3. The second-order valence-corrected chi connectivity index (χ2v) is 10.3. The van der Waals surface area contributed by atoms with Gasteiger partial charge in [-0.2, -0.15) is 0 Å². The summed E-state index contributed by atoms with van der Waals surface area (Å²) in [6, 6.07) is 15.0. The molecule has 210 valence electrons. The second-order valence-electron chi connectivity index (χ2n) is 10.3. The van der Waals surface area contributed by atoms with Gasteiger partial charge in [0.15, 0.2) is 0 Å². The molecule has 0 unspecified atom stereocenters. The van der Waals surface area contributed by atoms with Crippen LogP contribution in [0.1, 0.15) is 70.0 Å². The highest BCUT2D eigenvalue weighted by Crippen LogP contribution is 2.29. The molecule has 1 saturated heterocycles. The zero-order valence-electron chi connectivity index (χ0n) is 23.0. The number of β-amino-alcohol motifs (C(OH)–C–C–N with tert-alkyl or cyclic N) is 1. The maximum atomic E-state index is 12.9. The van der Waals surface area contributed by atoms with E-state index in [1.807, 2.05) is 48.5 Å². The predicted octanol–water partition coefficient (Wildman–Crippen LogP) is 5.19. The molecule has 2 N–H and O–H groups in total. The lowest BCUT2D eigenvalue weighted by atomic mass is 9.89. The summed E-state index contributed by atoms with van der Waals surface area (Å²) in [6.45, 7) is 5.26. The molecule has 3 atom stereocenters. The third kappa shape index (κ3) is 10.3. The second kappa shape index (κ2) is 16.4. The lowest BCUT2D eigenvalue weighted by molar-refractivity contribution is -0.121. The number of aliphatic hydroxyl groups is 2. The van der Waals surface area contributed by atoms with Crippen LogP contribution in [0.15, 0.2) is 48.5 Å². The topological polar surface area (TPSA) is 88.5 Å². The Morgan fingerprint density at radius 1 is 0.947 bits per heavy atom. The van der Waals surface area contributed by atoms with E-state index in [4.69, 9.17) is 14.2 Å². The number of benzene rings is 2. The fourth-order valence-electron chi connectivity index (χ4n) is 4.86. The molecule has 3 rings (SSSR count). The van der Waals surface area contributed by atoms with Crippen LogP contribution in [0.3, 0.4) is 0 Å². The number of carbonyl (C=O) groups excluding carboxylic acids is 1. The smallest absolute Gasteiger partial charge is 0.133 e. The van der Waals surface area contributed by atoms with E-state index in [0.717, 1.165) is 42.2 Å². The summed E-state index contributed by atoms with van der Waals surface area (Å²) in [5, 5.41) is 21.2. The van der Waals surface area contributed by atoms with Gasteiger partial charge in [-0.1, -0.05) is 38.3 Å². The SMILES string of the molecule is CCCCCCOc1ccc([C@@H](O)[C@H](CC(=O)CCCOc2ccc(OC)cc2)CN2CC[C@H](O)C2)cc1. The van der Waals surface area contributed by atoms with Gasteiger partial charge < -0.3 is 29.3 Å². The first-order chi connectivity index (χ1) is 18.5. The third-order valence-electron chi connectivity index (χ3n) is 7.09. The van der Waals surface area contributed by atoms with Gasteiger partial charge in [0, 0.05) is 38.4 Å². The normalized spacial score (nSPS) is 17.2. The van der Waals surface area contributed by atoms with Gasteiger partial charge in [-0.25, -0.2) is 0 Å². The number of methoxy groups -OCH3 is 1. The number of ketones is 1. The van der Waals surface area contributed by atoms with Crippen molar-refractivity contribution in [3.63, 3.8) is 0 Å². The summed E-state index contributed by atoms with van der Waals surface area (Å²) >= 11 is 0. The molecule has 1 heterocycles. The number of Topliss-reactive ketones (excluding diaryl/α,β-unsaturated/α-hetero) is 1. The molecule has 0 aromatic heterocycles.